The maximum absolute atomic E-state index is 6.09. The molecule has 14 heavy (non-hydrogen) atoms. The molecule has 2 rings (SSSR count). The van der Waals surface area contributed by atoms with Gasteiger partial charge in [-0.2, -0.15) is 0 Å². The highest BCUT2D eigenvalue weighted by Gasteiger charge is 2.16. The van der Waals surface area contributed by atoms with Gasteiger partial charge in [-0.05, 0) is 31.2 Å². The molecule has 3 N–H and O–H groups in total. The van der Waals surface area contributed by atoms with E-state index in [2.05, 4.69) is 5.32 Å². The van der Waals surface area contributed by atoms with E-state index >= 15 is 0 Å². The predicted octanol–water partition coefficient (Wildman–Crippen LogP) is 2.38. The number of rotatable bonds is 2. The maximum atomic E-state index is 6.09. The summed E-state index contributed by atoms with van der Waals surface area (Å²) in [7, 11) is 0. The predicted molar refractivity (Wildman–Crippen MR) is 63.0 cm³/mol. The van der Waals surface area contributed by atoms with Crippen LogP contribution in [-0.4, -0.2) is 18.3 Å². The zero-order chi connectivity index (χ0) is 9.97. The van der Waals surface area contributed by atoms with Gasteiger partial charge in [0.25, 0.3) is 0 Å². The molecule has 1 heterocycles. The van der Waals surface area contributed by atoms with Crippen LogP contribution in [0.2, 0.25) is 5.02 Å². The summed E-state index contributed by atoms with van der Waals surface area (Å²) in [6, 6.07) is 5.71. The Morgan fingerprint density at radius 1 is 1.50 bits per heavy atom. The third-order valence-electron chi connectivity index (χ3n) is 2.26. The quantitative estimate of drug-likeness (QED) is 0.764. The molecule has 0 amide bonds. The standard InChI is InChI=1S/C10H13ClN2S/c11-9-5-7(12)1-2-10(9)14-8-3-4-13-6-8/h1-2,5,8,13H,3-4,6,12H2. The summed E-state index contributed by atoms with van der Waals surface area (Å²) < 4.78 is 0. The average molecular weight is 229 g/mol. The molecule has 0 aliphatic carbocycles. The molecule has 1 fully saturated rings. The van der Waals surface area contributed by atoms with E-state index in [1.54, 1.807) is 0 Å². The van der Waals surface area contributed by atoms with Crippen molar-refractivity contribution in [3.05, 3.63) is 23.2 Å². The van der Waals surface area contributed by atoms with E-state index in [9.17, 15) is 0 Å². The number of benzene rings is 1. The lowest BCUT2D eigenvalue weighted by Gasteiger charge is -2.09. The minimum absolute atomic E-state index is 0.649. The van der Waals surface area contributed by atoms with E-state index in [-0.39, 0.29) is 0 Å². The Labute approximate surface area is 93.2 Å². The molecule has 1 aromatic carbocycles. The highest BCUT2D eigenvalue weighted by atomic mass is 35.5. The SMILES string of the molecule is Nc1ccc(SC2CCNC2)c(Cl)c1. The molecule has 1 aliphatic rings. The van der Waals surface area contributed by atoms with Gasteiger partial charge in [0, 0.05) is 22.4 Å². The summed E-state index contributed by atoms with van der Waals surface area (Å²) in [5.74, 6) is 0. The Bertz CT molecular complexity index is 324. The Hall–Kier alpha value is -0.380. The lowest BCUT2D eigenvalue weighted by molar-refractivity contribution is 0.858. The Morgan fingerprint density at radius 3 is 3.00 bits per heavy atom. The monoisotopic (exact) mass is 228 g/mol. The van der Waals surface area contributed by atoms with Gasteiger partial charge < -0.3 is 11.1 Å². The fourth-order valence-electron chi connectivity index (χ4n) is 1.52. The first-order valence-electron chi connectivity index (χ1n) is 4.68. The van der Waals surface area contributed by atoms with Gasteiger partial charge in [0.2, 0.25) is 0 Å². The molecule has 1 unspecified atom stereocenters. The van der Waals surface area contributed by atoms with Crippen molar-refractivity contribution >= 4 is 29.1 Å². The molecule has 0 radical (unpaired) electrons. The third-order valence-corrected chi connectivity index (χ3v) is 4.04. The van der Waals surface area contributed by atoms with Crippen molar-refractivity contribution in [2.75, 3.05) is 18.8 Å². The second kappa shape index (κ2) is 4.43. The molecule has 2 nitrogen and oxygen atoms in total. The van der Waals surface area contributed by atoms with Crippen molar-refractivity contribution in [2.45, 2.75) is 16.6 Å². The number of halogens is 1. The maximum Gasteiger partial charge on any atom is 0.0562 e. The van der Waals surface area contributed by atoms with Crippen LogP contribution in [0, 0.1) is 0 Å². The van der Waals surface area contributed by atoms with Crippen LogP contribution in [0.3, 0.4) is 0 Å². The van der Waals surface area contributed by atoms with Crippen LogP contribution in [0.25, 0.3) is 0 Å². The van der Waals surface area contributed by atoms with Gasteiger partial charge in [-0.15, -0.1) is 11.8 Å². The molecule has 0 saturated carbocycles. The number of thioether (sulfide) groups is 1. The van der Waals surface area contributed by atoms with Crippen molar-refractivity contribution in [1.29, 1.82) is 0 Å². The zero-order valence-corrected chi connectivity index (χ0v) is 9.37. The lowest BCUT2D eigenvalue weighted by atomic mass is 10.3. The minimum atomic E-state index is 0.649. The highest BCUT2D eigenvalue weighted by molar-refractivity contribution is 8.00. The van der Waals surface area contributed by atoms with Gasteiger partial charge in [-0.1, -0.05) is 11.6 Å². The average Bonchev–Trinajstić information content (AvgIpc) is 2.62. The van der Waals surface area contributed by atoms with Gasteiger partial charge in [-0.25, -0.2) is 0 Å². The largest absolute Gasteiger partial charge is 0.399 e. The lowest BCUT2D eigenvalue weighted by Crippen LogP contribution is -2.09. The Balaban J connectivity index is 2.08. The fourth-order valence-corrected chi connectivity index (χ4v) is 2.96. The number of nitrogens with two attached hydrogens (primary N) is 1. The molecular formula is C10H13ClN2S. The normalized spacial score (nSPS) is 21.4. The van der Waals surface area contributed by atoms with Gasteiger partial charge in [-0.3, -0.25) is 0 Å². The number of hydrogen-bond acceptors (Lipinski definition) is 3. The van der Waals surface area contributed by atoms with Gasteiger partial charge in [0.05, 0.1) is 5.02 Å². The smallest absolute Gasteiger partial charge is 0.0562 e. The fraction of sp³-hybridized carbons (Fsp3) is 0.400. The van der Waals surface area contributed by atoms with Crippen LogP contribution in [0.15, 0.2) is 23.1 Å². The third kappa shape index (κ3) is 2.35. The van der Waals surface area contributed by atoms with Crippen LogP contribution in [-0.2, 0) is 0 Å². The van der Waals surface area contributed by atoms with Crippen LogP contribution >= 0.6 is 23.4 Å². The molecule has 0 bridgehead atoms. The highest BCUT2D eigenvalue weighted by Crippen LogP contribution is 2.33. The number of anilines is 1. The summed E-state index contributed by atoms with van der Waals surface area (Å²) in [6.45, 7) is 2.19. The van der Waals surface area contributed by atoms with Crippen molar-refractivity contribution in [3.8, 4) is 0 Å². The van der Waals surface area contributed by atoms with Gasteiger partial charge in [0.15, 0.2) is 0 Å². The molecule has 1 aliphatic heterocycles. The summed E-state index contributed by atoms with van der Waals surface area (Å²) in [5.41, 5.74) is 6.36. The van der Waals surface area contributed by atoms with Crippen molar-refractivity contribution < 1.29 is 0 Å². The molecule has 1 atom stereocenters. The van der Waals surface area contributed by atoms with Crippen molar-refractivity contribution in [3.63, 3.8) is 0 Å². The molecule has 0 spiro atoms. The van der Waals surface area contributed by atoms with Crippen LogP contribution in [0.5, 0.6) is 0 Å². The van der Waals surface area contributed by atoms with Crippen molar-refractivity contribution in [1.82, 2.24) is 5.32 Å². The number of nitrogen functional groups attached to an aromatic ring is 1. The first kappa shape index (κ1) is 10.1. The van der Waals surface area contributed by atoms with Crippen molar-refractivity contribution in [2.24, 2.45) is 0 Å². The summed E-state index contributed by atoms with van der Waals surface area (Å²) in [6.07, 6.45) is 1.21. The van der Waals surface area contributed by atoms with E-state index in [1.807, 2.05) is 30.0 Å². The van der Waals surface area contributed by atoms with Gasteiger partial charge in [0.1, 0.15) is 0 Å². The first-order valence-corrected chi connectivity index (χ1v) is 5.94. The molecular weight excluding hydrogens is 216 g/mol. The second-order valence-electron chi connectivity index (χ2n) is 3.42. The topological polar surface area (TPSA) is 38.0 Å². The van der Waals surface area contributed by atoms with E-state index in [4.69, 9.17) is 17.3 Å². The zero-order valence-electron chi connectivity index (χ0n) is 7.79. The van der Waals surface area contributed by atoms with E-state index in [1.165, 1.54) is 6.42 Å². The molecule has 76 valence electrons. The minimum Gasteiger partial charge on any atom is -0.399 e. The Morgan fingerprint density at radius 2 is 2.36 bits per heavy atom. The van der Waals surface area contributed by atoms with E-state index < -0.39 is 0 Å². The van der Waals surface area contributed by atoms with Crippen LogP contribution in [0.4, 0.5) is 5.69 Å². The second-order valence-corrected chi connectivity index (χ2v) is 5.17. The van der Waals surface area contributed by atoms with Crippen LogP contribution in [0.1, 0.15) is 6.42 Å². The molecule has 1 aromatic rings. The molecule has 4 heteroatoms. The molecule has 0 aromatic heterocycles. The number of hydrogen-bond donors (Lipinski definition) is 2. The van der Waals surface area contributed by atoms with E-state index in [0.29, 0.717) is 5.25 Å². The summed E-state index contributed by atoms with van der Waals surface area (Å²) in [5, 5.41) is 4.75. The summed E-state index contributed by atoms with van der Waals surface area (Å²) in [4.78, 5) is 1.13. The Kier molecular flexibility index (Phi) is 3.21. The van der Waals surface area contributed by atoms with E-state index in [0.717, 1.165) is 28.7 Å². The first-order chi connectivity index (χ1) is 6.75. The molecule has 1 saturated heterocycles. The van der Waals surface area contributed by atoms with Gasteiger partial charge >= 0.3 is 0 Å². The van der Waals surface area contributed by atoms with Crippen LogP contribution < -0.4 is 11.1 Å². The summed E-state index contributed by atoms with van der Waals surface area (Å²) >= 11 is 7.92. The number of nitrogens with one attached hydrogen (secondary N) is 1.